The minimum atomic E-state index is -0.0729. The highest BCUT2D eigenvalue weighted by molar-refractivity contribution is 7.19. The fraction of sp³-hybridized carbons (Fsp3) is 0.412. The zero-order valence-corrected chi connectivity index (χ0v) is 13.0. The van der Waals surface area contributed by atoms with E-state index in [4.69, 9.17) is 6.42 Å². The molecule has 112 valence electrons. The largest absolute Gasteiger partial charge is 0.346 e. The summed E-state index contributed by atoms with van der Waals surface area (Å²) in [5, 5.41) is 4.17. The van der Waals surface area contributed by atoms with Crippen LogP contribution in [0.2, 0.25) is 0 Å². The monoisotopic (exact) mass is 311 g/mol. The van der Waals surface area contributed by atoms with Crippen molar-refractivity contribution in [1.82, 2.24) is 15.2 Å². The van der Waals surface area contributed by atoms with Crippen molar-refractivity contribution in [3.63, 3.8) is 0 Å². The molecule has 3 fully saturated rings. The van der Waals surface area contributed by atoms with Gasteiger partial charge in [0.2, 0.25) is 0 Å². The quantitative estimate of drug-likeness (QED) is 0.864. The molecule has 5 heterocycles. The van der Waals surface area contributed by atoms with E-state index < -0.39 is 0 Å². The third-order valence-electron chi connectivity index (χ3n) is 4.75. The summed E-state index contributed by atoms with van der Waals surface area (Å²) in [5.41, 5.74) is 0.481. The van der Waals surface area contributed by atoms with Crippen molar-refractivity contribution < 1.29 is 4.79 Å². The average Bonchev–Trinajstić information content (AvgIpc) is 2.98. The van der Waals surface area contributed by atoms with Crippen molar-refractivity contribution in [2.24, 2.45) is 5.92 Å². The molecule has 2 aromatic heterocycles. The summed E-state index contributed by atoms with van der Waals surface area (Å²) in [6.45, 7) is 3.31. The molecule has 0 aliphatic carbocycles. The molecular weight excluding hydrogens is 294 g/mol. The maximum atomic E-state index is 12.5. The maximum Gasteiger partial charge on any atom is 0.270 e. The first kappa shape index (κ1) is 13.7. The standard InChI is InChI=1S/C17H17N3OS/c1-2-13-7-12-9-18-14(8-16(12)22-13)17(21)19-15-10-20-5-3-11(15)4-6-20/h1,7-9,11,15H,3-6,10H2,(H,19,21). The number of amides is 1. The van der Waals surface area contributed by atoms with Gasteiger partial charge in [0.15, 0.2) is 0 Å². The van der Waals surface area contributed by atoms with Crippen LogP contribution in [0.4, 0.5) is 0 Å². The van der Waals surface area contributed by atoms with Gasteiger partial charge in [-0.05, 0) is 44.0 Å². The van der Waals surface area contributed by atoms with Gasteiger partial charge in [-0.25, -0.2) is 0 Å². The third kappa shape index (κ3) is 2.39. The van der Waals surface area contributed by atoms with Crippen LogP contribution in [0.5, 0.6) is 0 Å². The van der Waals surface area contributed by atoms with Crippen LogP contribution in [0.1, 0.15) is 28.2 Å². The summed E-state index contributed by atoms with van der Waals surface area (Å²) in [6, 6.07) is 4.04. The second-order valence-corrected chi connectivity index (χ2v) is 7.16. The lowest BCUT2D eigenvalue weighted by atomic mass is 9.84. The topological polar surface area (TPSA) is 45.2 Å². The van der Waals surface area contributed by atoms with E-state index in [1.165, 1.54) is 37.3 Å². The molecular formula is C17H17N3OS. The molecule has 0 radical (unpaired) electrons. The van der Waals surface area contributed by atoms with E-state index in [-0.39, 0.29) is 11.9 Å². The van der Waals surface area contributed by atoms with E-state index in [0.29, 0.717) is 11.6 Å². The Morgan fingerprint density at radius 2 is 2.23 bits per heavy atom. The predicted molar refractivity (Wildman–Crippen MR) is 88.0 cm³/mol. The van der Waals surface area contributed by atoms with Gasteiger partial charge in [0.25, 0.3) is 5.91 Å². The van der Waals surface area contributed by atoms with Crippen molar-refractivity contribution in [3.05, 3.63) is 28.9 Å². The number of piperidine rings is 3. The van der Waals surface area contributed by atoms with Gasteiger partial charge in [-0.3, -0.25) is 9.78 Å². The lowest BCUT2D eigenvalue weighted by Gasteiger charge is -2.44. The third-order valence-corrected chi connectivity index (χ3v) is 5.78. The molecule has 4 nitrogen and oxygen atoms in total. The van der Waals surface area contributed by atoms with Gasteiger partial charge in [0, 0.05) is 28.9 Å². The highest BCUT2D eigenvalue weighted by Crippen LogP contribution is 2.28. The molecule has 1 atom stereocenters. The smallest absolute Gasteiger partial charge is 0.270 e. The van der Waals surface area contributed by atoms with Crippen molar-refractivity contribution >= 4 is 27.3 Å². The molecule has 5 heteroatoms. The molecule has 1 amide bonds. The molecule has 0 aromatic carbocycles. The number of pyridine rings is 1. The minimum absolute atomic E-state index is 0.0729. The Balaban J connectivity index is 1.54. The predicted octanol–water partition coefficient (Wildman–Crippen LogP) is 2.10. The van der Waals surface area contributed by atoms with Crippen LogP contribution in [0.3, 0.4) is 0 Å². The van der Waals surface area contributed by atoms with Crippen molar-refractivity contribution in [2.45, 2.75) is 18.9 Å². The van der Waals surface area contributed by atoms with Gasteiger partial charge in [0.05, 0.1) is 4.88 Å². The molecule has 0 spiro atoms. The van der Waals surface area contributed by atoms with E-state index in [0.717, 1.165) is 21.5 Å². The van der Waals surface area contributed by atoms with Gasteiger partial charge < -0.3 is 10.2 Å². The number of nitrogens with one attached hydrogen (secondary N) is 1. The van der Waals surface area contributed by atoms with E-state index in [1.807, 2.05) is 12.1 Å². The SMILES string of the molecule is C#Cc1cc2cnc(C(=O)NC3CN4CCC3CC4)cc2s1. The van der Waals surface area contributed by atoms with Crippen LogP contribution in [-0.2, 0) is 0 Å². The number of carbonyl (C=O) groups excluding carboxylic acids is 1. The number of rotatable bonds is 2. The number of hydrogen-bond acceptors (Lipinski definition) is 4. The van der Waals surface area contributed by atoms with Crippen LogP contribution in [0, 0.1) is 18.3 Å². The summed E-state index contributed by atoms with van der Waals surface area (Å²) in [5.74, 6) is 3.18. The Kier molecular flexibility index (Phi) is 3.36. The number of carbonyl (C=O) groups is 1. The second-order valence-electron chi connectivity index (χ2n) is 6.08. The number of terminal acetylenes is 1. The summed E-state index contributed by atoms with van der Waals surface area (Å²) in [6.07, 6.45) is 9.54. The van der Waals surface area contributed by atoms with Gasteiger partial charge in [-0.1, -0.05) is 5.92 Å². The first-order chi connectivity index (χ1) is 10.7. The number of aromatic nitrogens is 1. The number of nitrogens with zero attached hydrogens (tertiary/aromatic N) is 2. The van der Waals surface area contributed by atoms with Gasteiger partial charge >= 0.3 is 0 Å². The van der Waals surface area contributed by atoms with Crippen molar-refractivity contribution in [2.75, 3.05) is 19.6 Å². The molecule has 1 unspecified atom stereocenters. The number of hydrogen-bond donors (Lipinski definition) is 1. The number of thiophene rings is 1. The summed E-state index contributed by atoms with van der Waals surface area (Å²) in [4.78, 5) is 20.1. The lowest BCUT2D eigenvalue weighted by Crippen LogP contribution is -2.57. The van der Waals surface area contributed by atoms with Crippen LogP contribution in [0.15, 0.2) is 18.3 Å². The summed E-state index contributed by atoms with van der Waals surface area (Å²) < 4.78 is 1.02. The van der Waals surface area contributed by atoms with Gasteiger partial charge in [-0.2, -0.15) is 0 Å². The van der Waals surface area contributed by atoms with Gasteiger partial charge in [0.1, 0.15) is 5.69 Å². The Morgan fingerprint density at radius 1 is 1.41 bits per heavy atom. The zero-order chi connectivity index (χ0) is 15.1. The van der Waals surface area contributed by atoms with Gasteiger partial charge in [-0.15, -0.1) is 17.8 Å². The van der Waals surface area contributed by atoms with Crippen molar-refractivity contribution in [1.29, 1.82) is 0 Å². The first-order valence-electron chi connectivity index (χ1n) is 7.62. The summed E-state index contributed by atoms with van der Waals surface area (Å²) >= 11 is 1.52. The Morgan fingerprint density at radius 3 is 2.91 bits per heavy atom. The Hall–Kier alpha value is -1.90. The Bertz CT molecular complexity index is 768. The molecule has 2 bridgehead atoms. The molecule has 2 aromatic rings. The molecule has 1 N–H and O–H groups in total. The van der Waals surface area contributed by atoms with E-state index in [1.54, 1.807) is 6.20 Å². The molecule has 5 rings (SSSR count). The Labute approximate surface area is 133 Å². The highest BCUT2D eigenvalue weighted by atomic mass is 32.1. The van der Waals surface area contributed by atoms with Crippen molar-refractivity contribution in [3.8, 4) is 12.3 Å². The van der Waals surface area contributed by atoms with Crippen LogP contribution in [0.25, 0.3) is 10.1 Å². The molecule has 22 heavy (non-hydrogen) atoms. The average molecular weight is 311 g/mol. The molecule has 3 saturated heterocycles. The second kappa shape index (κ2) is 5.38. The lowest BCUT2D eigenvalue weighted by molar-refractivity contribution is 0.0618. The van der Waals surface area contributed by atoms with E-state index in [9.17, 15) is 4.79 Å². The summed E-state index contributed by atoms with van der Waals surface area (Å²) in [7, 11) is 0. The van der Waals surface area contributed by atoms with E-state index in [2.05, 4.69) is 21.1 Å². The first-order valence-corrected chi connectivity index (χ1v) is 8.44. The normalized spacial score (nSPS) is 26.8. The van der Waals surface area contributed by atoms with Crippen LogP contribution in [-0.4, -0.2) is 41.5 Å². The van der Waals surface area contributed by atoms with E-state index >= 15 is 0 Å². The molecule has 3 aliphatic rings. The van der Waals surface area contributed by atoms with Crippen LogP contribution < -0.4 is 5.32 Å². The highest BCUT2D eigenvalue weighted by Gasteiger charge is 2.35. The maximum absolute atomic E-state index is 12.5. The molecule has 0 saturated carbocycles. The minimum Gasteiger partial charge on any atom is -0.346 e. The van der Waals surface area contributed by atoms with Crippen LogP contribution >= 0.6 is 11.3 Å². The fourth-order valence-corrected chi connectivity index (χ4v) is 4.38. The molecule has 3 aliphatic heterocycles. The number of fused-ring (bicyclic) bond motifs is 4. The fourth-order valence-electron chi connectivity index (χ4n) is 3.50. The zero-order valence-electron chi connectivity index (χ0n) is 12.2.